The van der Waals surface area contributed by atoms with Gasteiger partial charge in [0.15, 0.2) is 6.04 Å². The minimum Gasteiger partial charge on any atom is -0.461 e. The van der Waals surface area contributed by atoms with Crippen LogP contribution in [-0.2, 0) is 20.7 Å². The number of esters is 1. The van der Waals surface area contributed by atoms with E-state index < -0.39 is 12.0 Å². The fourth-order valence-corrected chi connectivity index (χ4v) is 1.56. The van der Waals surface area contributed by atoms with Gasteiger partial charge in [-0.05, 0) is 32.3 Å². The molecule has 1 unspecified atom stereocenters. The molecule has 0 amide bonds. The van der Waals surface area contributed by atoms with E-state index in [1.165, 1.54) is 6.08 Å². The number of isocyanates is 1. The highest BCUT2D eigenvalue weighted by atomic mass is 16.5. The number of rotatable bonds is 6. The third-order valence-electron chi connectivity index (χ3n) is 2.38. The molecule has 0 bridgehead atoms. The van der Waals surface area contributed by atoms with Crippen molar-refractivity contribution in [2.24, 2.45) is 4.99 Å². The van der Waals surface area contributed by atoms with Crippen molar-refractivity contribution in [2.75, 3.05) is 0 Å². The van der Waals surface area contributed by atoms with Crippen LogP contribution in [-0.4, -0.2) is 24.2 Å². The lowest BCUT2D eigenvalue weighted by Crippen LogP contribution is -2.25. The number of aryl methyl sites for hydroxylation is 1. The molecule has 0 aliphatic heterocycles. The largest absolute Gasteiger partial charge is 0.461 e. The minimum absolute atomic E-state index is 0.210. The predicted molar refractivity (Wildman–Crippen MR) is 67.9 cm³/mol. The molecule has 1 rings (SSSR count). The lowest BCUT2D eigenvalue weighted by atomic mass is 10.1. The Bertz CT molecular complexity index is 422. The molecule has 0 saturated heterocycles. The summed E-state index contributed by atoms with van der Waals surface area (Å²) in [6, 6.07) is 8.97. The van der Waals surface area contributed by atoms with Crippen LogP contribution in [0.3, 0.4) is 0 Å². The number of carbonyl (C=O) groups excluding carboxylic acids is 2. The quantitative estimate of drug-likeness (QED) is 0.440. The molecule has 1 aromatic carbocycles. The monoisotopic (exact) mass is 247 g/mol. The number of benzene rings is 1. The standard InChI is InChI=1S/C14H17NO3/c1-11(2)18-14(17)13(15-10-16)9-8-12-6-4-3-5-7-12/h3-7,11,13H,8-9H2,1-2H3. The fourth-order valence-electron chi connectivity index (χ4n) is 1.56. The summed E-state index contributed by atoms with van der Waals surface area (Å²) in [4.78, 5) is 25.5. The van der Waals surface area contributed by atoms with Gasteiger partial charge in [-0.1, -0.05) is 30.3 Å². The third-order valence-corrected chi connectivity index (χ3v) is 2.38. The number of hydrogen-bond acceptors (Lipinski definition) is 4. The van der Waals surface area contributed by atoms with Crippen LogP contribution in [0, 0.1) is 0 Å². The lowest BCUT2D eigenvalue weighted by Gasteiger charge is -2.13. The smallest absolute Gasteiger partial charge is 0.332 e. The topological polar surface area (TPSA) is 55.7 Å². The zero-order valence-corrected chi connectivity index (χ0v) is 10.6. The van der Waals surface area contributed by atoms with Gasteiger partial charge in [0.05, 0.1) is 6.10 Å². The van der Waals surface area contributed by atoms with E-state index in [1.54, 1.807) is 13.8 Å². The van der Waals surface area contributed by atoms with Gasteiger partial charge in [-0.2, -0.15) is 4.99 Å². The molecule has 18 heavy (non-hydrogen) atoms. The summed E-state index contributed by atoms with van der Waals surface area (Å²) in [5.41, 5.74) is 1.10. The average Bonchev–Trinajstić information content (AvgIpc) is 2.34. The van der Waals surface area contributed by atoms with E-state index >= 15 is 0 Å². The van der Waals surface area contributed by atoms with Crippen molar-refractivity contribution in [3.05, 3.63) is 35.9 Å². The van der Waals surface area contributed by atoms with Crippen LogP contribution < -0.4 is 0 Å². The van der Waals surface area contributed by atoms with E-state index in [4.69, 9.17) is 4.74 Å². The number of nitrogens with zero attached hydrogens (tertiary/aromatic N) is 1. The first-order valence-corrected chi connectivity index (χ1v) is 5.95. The van der Waals surface area contributed by atoms with Gasteiger partial charge in [0.25, 0.3) is 0 Å². The normalized spacial score (nSPS) is 11.7. The first-order chi connectivity index (χ1) is 8.63. The zero-order valence-electron chi connectivity index (χ0n) is 10.6. The molecular weight excluding hydrogens is 230 g/mol. The molecule has 96 valence electrons. The maximum absolute atomic E-state index is 11.7. The molecule has 0 aliphatic rings. The van der Waals surface area contributed by atoms with Gasteiger partial charge in [-0.3, -0.25) is 0 Å². The van der Waals surface area contributed by atoms with Crippen molar-refractivity contribution in [3.63, 3.8) is 0 Å². The maximum Gasteiger partial charge on any atom is 0.332 e. The molecule has 0 saturated carbocycles. The van der Waals surface area contributed by atoms with Crippen molar-refractivity contribution in [3.8, 4) is 0 Å². The predicted octanol–water partition coefficient (Wildman–Crippen LogP) is 2.28. The first kappa shape index (κ1) is 14.1. The van der Waals surface area contributed by atoms with Crippen LogP contribution in [0.5, 0.6) is 0 Å². The summed E-state index contributed by atoms with van der Waals surface area (Å²) in [6.45, 7) is 3.52. The van der Waals surface area contributed by atoms with E-state index in [-0.39, 0.29) is 6.10 Å². The number of carbonyl (C=O) groups is 1. The Labute approximate surface area is 107 Å². The van der Waals surface area contributed by atoms with Crippen LogP contribution in [0.2, 0.25) is 0 Å². The minimum atomic E-state index is -0.759. The molecule has 1 aromatic rings. The summed E-state index contributed by atoms with van der Waals surface area (Å²) in [7, 11) is 0. The van der Waals surface area contributed by atoms with E-state index in [2.05, 4.69) is 4.99 Å². The highest BCUT2D eigenvalue weighted by Gasteiger charge is 2.20. The van der Waals surface area contributed by atoms with E-state index in [0.29, 0.717) is 12.8 Å². The first-order valence-electron chi connectivity index (χ1n) is 5.95. The Kier molecular flexibility index (Phi) is 5.81. The van der Waals surface area contributed by atoms with Gasteiger partial charge in [-0.15, -0.1) is 0 Å². The van der Waals surface area contributed by atoms with E-state index in [9.17, 15) is 9.59 Å². The Morgan fingerprint density at radius 1 is 1.33 bits per heavy atom. The summed E-state index contributed by atoms with van der Waals surface area (Å²) >= 11 is 0. The second-order valence-corrected chi connectivity index (χ2v) is 4.25. The van der Waals surface area contributed by atoms with Crippen molar-refractivity contribution in [2.45, 2.75) is 38.8 Å². The van der Waals surface area contributed by atoms with Crippen LogP contribution in [0.4, 0.5) is 0 Å². The molecule has 4 heteroatoms. The molecule has 1 atom stereocenters. The van der Waals surface area contributed by atoms with Crippen molar-refractivity contribution < 1.29 is 14.3 Å². The summed E-state index contributed by atoms with van der Waals surface area (Å²) in [6.07, 6.45) is 2.34. The average molecular weight is 247 g/mol. The SMILES string of the molecule is CC(C)OC(=O)C(CCc1ccccc1)N=C=O. The van der Waals surface area contributed by atoms with E-state index in [1.807, 2.05) is 30.3 Å². The van der Waals surface area contributed by atoms with Gasteiger partial charge >= 0.3 is 5.97 Å². The fraction of sp³-hybridized carbons (Fsp3) is 0.429. The highest BCUT2D eigenvalue weighted by molar-refractivity contribution is 5.77. The lowest BCUT2D eigenvalue weighted by molar-refractivity contribution is -0.149. The van der Waals surface area contributed by atoms with Crippen molar-refractivity contribution >= 4 is 12.0 Å². The van der Waals surface area contributed by atoms with Crippen LogP contribution in [0.15, 0.2) is 35.3 Å². The maximum atomic E-state index is 11.7. The van der Waals surface area contributed by atoms with Crippen LogP contribution in [0.25, 0.3) is 0 Å². The molecule has 0 fully saturated rings. The van der Waals surface area contributed by atoms with Crippen molar-refractivity contribution in [1.82, 2.24) is 0 Å². The van der Waals surface area contributed by atoms with Gasteiger partial charge < -0.3 is 4.74 Å². The molecule has 0 spiro atoms. The van der Waals surface area contributed by atoms with Gasteiger partial charge in [0.2, 0.25) is 6.08 Å². The second-order valence-electron chi connectivity index (χ2n) is 4.25. The molecule has 0 aromatic heterocycles. The molecular formula is C14H17NO3. The van der Waals surface area contributed by atoms with Crippen LogP contribution >= 0.6 is 0 Å². The highest BCUT2D eigenvalue weighted by Crippen LogP contribution is 2.09. The van der Waals surface area contributed by atoms with Gasteiger partial charge in [0, 0.05) is 0 Å². The Hall–Kier alpha value is -1.93. The van der Waals surface area contributed by atoms with Gasteiger partial charge in [-0.25, -0.2) is 9.59 Å². The van der Waals surface area contributed by atoms with Gasteiger partial charge in [0.1, 0.15) is 0 Å². The number of ether oxygens (including phenoxy) is 1. The molecule has 0 aliphatic carbocycles. The summed E-state index contributed by atoms with van der Waals surface area (Å²) in [5.74, 6) is -0.468. The molecule has 0 radical (unpaired) electrons. The number of hydrogen-bond donors (Lipinski definition) is 0. The Balaban J connectivity index is 2.58. The van der Waals surface area contributed by atoms with Crippen LogP contribution in [0.1, 0.15) is 25.8 Å². The Morgan fingerprint density at radius 3 is 2.56 bits per heavy atom. The third kappa shape index (κ3) is 4.93. The van der Waals surface area contributed by atoms with E-state index in [0.717, 1.165) is 5.56 Å². The molecule has 4 nitrogen and oxygen atoms in total. The number of aliphatic imine (C=N–C) groups is 1. The Morgan fingerprint density at radius 2 is 2.00 bits per heavy atom. The zero-order chi connectivity index (χ0) is 13.4. The molecule has 0 heterocycles. The van der Waals surface area contributed by atoms with Crippen molar-refractivity contribution in [1.29, 1.82) is 0 Å². The summed E-state index contributed by atoms with van der Waals surface area (Å²) < 4.78 is 5.04. The summed E-state index contributed by atoms with van der Waals surface area (Å²) in [5, 5.41) is 0. The molecule has 0 N–H and O–H groups in total. The second kappa shape index (κ2) is 7.41.